The van der Waals surface area contributed by atoms with E-state index in [1.165, 1.54) is 0 Å². The summed E-state index contributed by atoms with van der Waals surface area (Å²) in [6.45, 7) is 4.93. The van der Waals surface area contributed by atoms with Crippen LogP contribution in [0.1, 0.15) is 18.2 Å². The number of aromatic nitrogens is 1. The third-order valence-corrected chi connectivity index (χ3v) is 2.01. The van der Waals surface area contributed by atoms with Crippen molar-refractivity contribution in [1.82, 2.24) is 4.98 Å². The predicted molar refractivity (Wildman–Crippen MR) is 58.3 cm³/mol. The van der Waals surface area contributed by atoms with Crippen LogP contribution in [0.4, 0.5) is 0 Å². The van der Waals surface area contributed by atoms with Gasteiger partial charge in [-0.05, 0) is 13.0 Å². The van der Waals surface area contributed by atoms with Gasteiger partial charge in [-0.1, -0.05) is 6.07 Å². The summed E-state index contributed by atoms with van der Waals surface area (Å²) in [5.74, 6) is 0. The molecule has 1 rings (SSSR count). The summed E-state index contributed by atoms with van der Waals surface area (Å²) in [7, 11) is 0. The molecule has 0 radical (unpaired) electrons. The van der Waals surface area contributed by atoms with Gasteiger partial charge in [0.15, 0.2) is 0 Å². The van der Waals surface area contributed by atoms with E-state index in [0.717, 1.165) is 17.9 Å². The Labute approximate surface area is 90.4 Å². The Kier molecular flexibility index (Phi) is 5.92. The minimum Gasteiger partial charge on any atom is -0.379 e. The van der Waals surface area contributed by atoms with Crippen molar-refractivity contribution in [3.63, 3.8) is 0 Å². The summed E-state index contributed by atoms with van der Waals surface area (Å²) in [6, 6.07) is 3.87. The quantitative estimate of drug-likeness (QED) is 0.684. The van der Waals surface area contributed by atoms with Crippen LogP contribution in [-0.4, -0.2) is 24.8 Å². The van der Waals surface area contributed by atoms with Crippen molar-refractivity contribution in [3.8, 4) is 0 Å². The molecule has 0 atom stereocenters. The standard InChI is InChI=1S/C11H18N2O2/c1-2-14-6-7-15-9-10-4-3-5-13-11(10)8-12/h3-5H,2,6-9,12H2,1H3. The molecule has 84 valence electrons. The van der Waals surface area contributed by atoms with E-state index in [9.17, 15) is 0 Å². The maximum absolute atomic E-state index is 5.56. The van der Waals surface area contributed by atoms with Crippen LogP contribution >= 0.6 is 0 Å². The molecule has 4 heteroatoms. The Morgan fingerprint density at radius 3 is 2.87 bits per heavy atom. The largest absolute Gasteiger partial charge is 0.379 e. The zero-order valence-electron chi connectivity index (χ0n) is 9.11. The number of nitrogens with zero attached hydrogens (tertiary/aromatic N) is 1. The van der Waals surface area contributed by atoms with Crippen molar-refractivity contribution < 1.29 is 9.47 Å². The summed E-state index contributed by atoms with van der Waals surface area (Å²) in [6.07, 6.45) is 1.74. The van der Waals surface area contributed by atoms with E-state index in [4.69, 9.17) is 15.2 Å². The SMILES string of the molecule is CCOCCOCc1cccnc1CN. The third kappa shape index (κ3) is 4.38. The first-order valence-corrected chi connectivity index (χ1v) is 5.16. The van der Waals surface area contributed by atoms with Crippen LogP contribution in [0.3, 0.4) is 0 Å². The van der Waals surface area contributed by atoms with Gasteiger partial charge in [0.05, 0.1) is 25.5 Å². The van der Waals surface area contributed by atoms with Gasteiger partial charge in [0.2, 0.25) is 0 Å². The number of rotatable bonds is 7. The van der Waals surface area contributed by atoms with Crippen molar-refractivity contribution in [2.24, 2.45) is 5.73 Å². The van der Waals surface area contributed by atoms with Crippen molar-refractivity contribution in [3.05, 3.63) is 29.6 Å². The maximum Gasteiger partial charge on any atom is 0.0736 e. The van der Waals surface area contributed by atoms with E-state index in [-0.39, 0.29) is 0 Å². The molecule has 1 heterocycles. The lowest BCUT2D eigenvalue weighted by Crippen LogP contribution is -2.08. The Morgan fingerprint density at radius 2 is 2.13 bits per heavy atom. The molecule has 0 aliphatic rings. The molecule has 1 aromatic heterocycles. The first kappa shape index (κ1) is 12.1. The number of hydrogen-bond acceptors (Lipinski definition) is 4. The highest BCUT2D eigenvalue weighted by atomic mass is 16.5. The molecule has 0 unspecified atom stereocenters. The van der Waals surface area contributed by atoms with E-state index in [1.807, 2.05) is 19.1 Å². The molecule has 0 aliphatic heterocycles. The fraction of sp³-hybridized carbons (Fsp3) is 0.545. The second kappa shape index (κ2) is 7.34. The van der Waals surface area contributed by atoms with Gasteiger partial charge in [0.25, 0.3) is 0 Å². The first-order chi connectivity index (χ1) is 7.38. The van der Waals surface area contributed by atoms with Gasteiger partial charge < -0.3 is 15.2 Å². The van der Waals surface area contributed by atoms with Gasteiger partial charge in [0.1, 0.15) is 0 Å². The molecule has 15 heavy (non-hydrogen) atoms. The number of hydrogen-bond donors (Lipinski definition) is 1. The topological polar surface area (TPSA) is 57.4 Å². The zero-order valence-corrected chi connectivity index (χ0v) is 9.11. The highest BCUT2D eigenvalue weighted by Crippen LogP contribution is 2.05. The number of pyridine rings is 1. The molecule has 0 spiro atoms. The molecule has 0 saturated heterocycles. The molecule has 0 aliphatic carbocycles. The average Bonchev–Trinajstić information content (AvgIpc) is 2.29. The average molecular weight is 210 g/mol. The van der Waals surface area contributed by atoms with E-state index >= 15 is 0 Å². The van der Waals surface area contributed by atoms with Gasteiger partial charge in [-0.2, -0.15) is 0 Å². The van der Waals surface area contributed by atoms with Crippen LogP contribution < -0.4 is 5.73 Å². The Balaban J connectivity index is 2.30. The van der Waals surface area contributed by atoms with Gasteiger partial charge in [-0.25, -0.2) is 0 Å². The normalized spacial score (nSPS) is 10.5. The fourth-order valence-corrected chi connectivity index (χ4v) is 1.23. The minimum atomic E-state index is 0.449. The molecule has 0 fully saturated rings. The zero-order chi connectivity index (χ0) is 10.9. The van der Waals surface area contributed by atoms with Crippen molar-refractivity contribution in [2.45, 2.75) is 20.1 Å². The van der Waals surface area contributed by atoms with Crippen LogP contribution in [0.15, 0.2) is 18.3 Å². The predicted octanol–water partition coefficient (Wildman–Crippen LogP) is 1.09. The van der Waals surface area contributed by atoms with Gasteiger partial charge in [-0.15, -0.1) is 0 Å². The summed E-state index contributed by atoms with van der Waals surface area (Å²) < 4.78 is 10.6. The monoisotopic (exact) mass is 210 g/mol. The van der Waals surface area contributed by atoms with E-state index in [2.05, 4.69) is 4.98 Å². The summed E-state index contributed by atoms with van der Waals surface area (Å²) in [5.41, 5.74) is 7.51. The maximum atomic E-state index is 5.56. The summed E-state index contributed by atoms with van der Waals surface area (Å²) >= 11 is 0. The molecule has 4 nitrogen and oxygen atoms in total. The minimum absolute atomic E-state index is 0.449. The smallest absolute Gasteiger partial charge is 0.0736 e. The number of nitrogens with two attached hydrogens (primary N) is 1. The van der Waals surface area contributed by atoms with Crippen LogP contribution in [-0.2, 0) is 22.6 Å². The van der Waals surface area contributed by atoms with Crippen LogP contribution in [0, 0.1) is 0 Å². The lowest BCUT2D eigenvalue weighted by atomic mass is 10.2. The molecule has 0 aromatic carbocycles. The molecule has 0 bridgehead atoms. The highest BCUT2D eigenvalue weighted by Gasteiger charge is 2.00. The van der Waals surface area contributed by atoms with Crippen LogP contribution in [0.5, 0.6) is 0 Å². The van der Waals surface area contributed by atoms with Crippen molar-refractivity contribution in [2.75, 3.05) is 19.8 Å². The lowest BCUT2D eigenvalue weighted by molar-refractivity contribution is 0.0449. The molecule has 2 N–H and O–H groups in total. The first-order valence-electron chi connectivity index (χ1n) is 5.16. The van der Waals surface area contributed by atoms with E-state index in [1.54, 1.807) is 6.20 Å². The summed E-state index contributed by atoms with van der Waals surface area (Å²) in [4.78, 5) is 4.18. The van der Waals surface area contributed by atoms with Crippen molar-refractivity contribution in [1.29, 1.82) is 0 Å². The fourth-order valence-electron chi connectivity index (χ4n) is 1.23. The van der Waals surface area contributed by atoms with Gasteiger partial charge in [0, 0.05) is 24.9 Å². The number of ether oxygens (including phenoxy) is 2. The molecule has 0 amide bonds. The molecule has 1 aromatic rings. The van der Waals surface area contributed by atoms with E-state index in [0.29, 0.717) is 26.4 Å². The Hall–Kier alpha value is -0.970. The Bertz CT molecular complexity index is 279. The molecule has 0 saturated carbocycles. The molecular weight excluding hydrogens is 192 g/mol. The van der Waals surface area contributed by atoms with E-state index < -0.39 is 0 Å². The van der Waals surface area contributed by atoms with Crippen LogP contribution in [0.25, 0.3) is 0 Å². The van der Waals surface area contributed by atoms with Gasteiger partial charge in [-0.3, -0.25) is 4.98 Å². The van der Waals surface area contributed by atoms with Crippen molar-refractivity contribution >= 4 is 0 Å². The second-order valence-electron chi connectivity index (χ2n) is 3.06. The molecular formula is C11H18N2O2. The highest BCUT2D eigenvalue weighted by molar-refractivity contribution is 5.18. The lowest BCUT2D eigenvalue weighted by Gasteiger charge is -2.07. The third-order valence-electron chi connectivity index (χ3n) is 2.01. The van der Waals surface area contributed by atoms with Gasteiger partial charge >= 0.3 is 0 Å². The van der Waals surface area contributed by atoms with Crippen LogP contribution in [0.2, 0.25) is 0 Å². The summed E-state index contributed by atoms with van der Waals surface area (Å²) in [5, 5.41) is 0. The Morgan fingerprint density at radius 1 is 1.33 bits per heavy atom. The second-order valence-corrected chi connectivity index (χ2v) is 3.06.